The van der Waals surface area contributed by atoms with Gasteiger partial charge in [0.2, 0.25) is 0 Å². The van der Waals surface area contributed by atoms with Gasteiger partial charge in [-0.3, -0.25) is 9.08 Å². The van der Waals surface area contributed by atoms with Crippen molar-refractivity contribution in [3.63, 3.8) is 0 Å². The van der Waals surface area contributed by atoms with E-state index in [0.717, 1.165) is 39.7 Å². The van der Waals surface area contributed by atoms with Crippen LogP contribution in [0.5, 0.6) is 0 Å². The average Bonchev–Trinajstić information content (AvgIpc) is 3.49. The van der Waals surface area contributed by atoms with Gasteiger partial charge in [0.05, 0.1) is 35.5 Å². The van der Waals surface area contributed by atoms with Gasteiger partial charge >= 0.3 is 6.09 Å². The number of aryl methyl sites for hydroxylation is 3. The molecule has 4 aromatic rings. The topological polar surface area (TPSA) is 111 Å². The van der Waals surface area contributed by atoms with Crippen molar-refractivity contribution in [3.8, 4) is 11.3 Å². The van der Waals surface area contributed by atoms with Gasteiger partial charge in [0.25, 0.3) is 0 Å². The first-order valence-corrected chi connectivity index (χ1v) is 10.3. The number of imidazole rings is 1. The predicted octanol–water partition coefficient (Wildman–Crippen LogP) is 2.68. The van der Waals surface area contributed by atoms with Gasteiger partial charge in [0.15, 0.2) is 11.5 Å². The average molecular weight is 424 g/mol. The van der Waals surface area contributed by atoms with Gasteiger partial charge in [-0.2, -0.15) is 9.47 Å². The van der Waals surface area contributed by atoms with Crippen LogP contribution in [0.3, 0.4) is 0 Å². The van der Waals surface area contributed by atoms with Gasteiger partial charge in [-0.05, 0) is 37.4 Å². The fourth-order valence-corrected chi connectivity index (χ4v) is 4.11. The lowest BCUT2D eigenvalue weighted by atomic mass is 10.1. The molecule has 0 aromatic carbocycles. The summed E-state index contributed by atoms with van der Waals surface area (Å²) in [5.74, 6) is 0.665. The lowest BCUT2D eigenvalue weighted by Crippen LogP contribution is -2.26. The van der Waals surface area contributed by atoms with Crippen molar-refractivity contribution in [3.05, 3.63) is 42.2 Å². The molecule has 1 unspecified atom stereocenters. The Bertz CT molecular complexity index is 1230. The number of nitrogens with one attached hydrogen (secondary N) is 2. The fourth-order valence-electron chi connectivity index (χ4n) is 3.45. The van der Waals surface area contributed by atoms with E-state index in [-0.39, 0.29) is 12.1 Å². The summed E-state index contributed by atoms with van der Waals surface area (Å²) in [7, 11) is 1.89. The van der Waals surface area contributed by atoms with E-state index in [0.29, 0.717) is 18.8 Å². The summed E-state index contributed by atoms with van der Waals surface area (Å²) < 4.78 is 13.1. The lowest BCUT2D eigenvalue weighted by Gasteiger charge is -2.11. The maximum absolute atomic E-state index is 11.3. The Kier molecular flexibility index (Phi) is 4.58. The van der Waals surface area contributed by atoms with Crippen LogP contribution in [0.25, 0.3) is 16.9 Å². The van der Waals surface area contributed by atoms with Crippen LogP contribution in [-0.2, 0) is 18.2 Å². The van der Waals surface area contributed by atoms with Gasteiger partial charge in [0.1, 0.15) is 11.6 Å². The Labute approximate surface area is 176 Å². The van der Waals surface area contributed by atoms with Crippen molar-refractivity contribution in [1.82, 2.24) is 33.8 Å². The zero-order valence-electron chi connectivity index (χ0n) is 16.5. The summed E-state index contributed by atoms with van der Waals surface area (Å²) >= 11 is 1.38. The molecule has 1 aliphatic heterocycles. The van der Waals surface area contributed by atoms with E-state index in [1.54, 1.807) is 4.68 Å². The Balaban J connectivity index is 1.52. The minimum Gasteiger partial charge on any atom is -0.447 e. The molecule has 1 amide bonds. The van der Waals surface area contributed by atoms with E-state index < -0.39 is 0 Å². The largest absolute Gasteiger partial charge is 0.447 e. The fraction of sp³-hybridized carbons (Fsp3) is 0.316. The molecule has 154 valence electrons. The van der Waals surface area contributed by atoms with E-state index in [1.165, 1.54) is 11.5 Å². The van der Waals surface area contributed by atoms with E-state index >= 15 is 0 Å². The molecule has 30 heavy (non-hydrogen) atoms. The highest BCUT2D eigenvalue weighted by molar-refractivity contribution is 7.10. The zero-order chi connectivity index (χ0) is 20.7. The van der Waals surface area contributed by atoms with Gasteiger partial charge < -0.3 is 15.4 Å². The van der Waals surface area contributed by atoms with Crippen molar-refractivity contribution in [1.29, 1.82) is 0 Å². The predicted molar refractivity (Wildman–Crippen MR) is 112 cm³/mol. The number of anilines is 2. The molecule has 5 heterocycles. The summed E-state index contributed by atoms with van der Waals surface area (Å²) in [6, 6.07) is 1.97. The van der Waals surface area contributed by atoms with Crippen molar-refractivity contribution >= 4 is 34.1 Å². The van der Waals surface area contributed by atoms with E-state index in [2.05, 4.69) is 25.1 Å². The second-order valence-electron chi connectivity index (χ2n) is 7.26. The minimum atomic E-state index is -0.361. The summed E-state index contributed by atoms with van der Waals surface area (Å²) in [6.07, 6.45) is 8.64. The van der Waals surface area contributed by atoms with Gasteiger partial charge in [-0.1, -0.05) is 0 Å². The molecular weight excluding hydrogens is 404 g/mol. The highest BCUT2D eigenvalue weighted by atomic mass is 32.1. The highest BCUT2D eigenvalue weighted by Gasteiger charge is 2.22. The molecule has 4 aromatic heterocycles. The molecule has 5 rings (SSSR count). The van der Waals surface area contributed by atoms with Crippen molar-refractivity contribution in [2.75, 3.05) is 11.9 Å². The van der Waals surface area contributed by atoms with Crippen LogP contribution in [0.1, 0.15) is 17.8 Å². The number of cyclic esters (lactones) is 1. The molecular formula is C19H20N8O2S. The van der Waals surface area contributed by atoms with Gasteiger partial charge in [-0.15, -0.1) is 0 Å². The molecule has 0 spiro atoms. The number of aromatic nitrogens is 6. The third kappa shape index (κ3) is 3.59. The second-order valence-corrected chi connectivity index (χ2v) is 8.06. The van der Waals surface area contributed by atoms with Crippen LogP contribution >= 0.6 is 11.5 Å². The molecule has 1 atom stereocenters. The Hall–Kier alpha value is -3.47. The number of alkyl carbamates (subject to hydrolysis) is 1. The van der Waals surface area contributed by atoms with Gasteiger partial charge in [-0.25, -0.2) is 14.8 Å². The van der Waals surface area contributed by atoms with Gasteiger partial charge in [0, 0.05) is 25.0 Å². The number of fused-ring (bicyclic) bond motifs is 1. The molecule has 11 heteroatoms. The molecule has 1 aliphatic rings. The first-order chi connectivity index (χ1) is 14.5. The third-order valence-electron chi connectivity index (χ3n) is 4.90. The molecule has 0 bridgehead atoms. The third-order valence-corrected chi connectivity index (χ3v) is 5.69. The monoisotopic (exact) mass is 424 g/mol. The molecule has 0 aliphatic carbocycles. The van der Waals surface area contributed by atoms with Crippen molar-refractivity contribution < 1.29 is 9.53 Å². The van der Waals surface area contributed by atoms with E-state index in [4.69, 9.17) is 9.72 Å². The van der Waals surface area contributed by atoms with Crippen LogP contribution < -0.4 is 10.6 Å². The number of carbonyl (C=O) groups is 1. The molecule has 0 radical (unpaired) electrons. The molecule has 1 saturated heterocycles. The molecule has 1 fully saturated rings. The first-order valence-electron chi connectivity index (χ1n) is 9.55. The smallest absolute Gasteiger partial charge is 0.407 e. The van der Waals surface area contributed by atoms with E-state index in [1.807, 2.05) is 49.2 Å². The standard InChI is InChI=1S/C19H20N8O2S/c1-11-5-16(30-25-11)24-17-18-20-7-15(12-6-21-26(2)8-12)27(18)9-13(22-17)3-4-14-10-29-19(28)23-14/h5-9,14H,3-4,10H2,1-2H3,(H,22,24)(H,23,28). The van der Waals surface area contributed by atoms with E-state index in [9.17, 15) is 4.79 Å². The second kappa shape index (κ2) is 7.41. The van der Waals surface area contributed by atoms with Crippen LogP contribution in [0.15, 0.2) is 30.9 Å². The van der Waals surface area contributed by atoms with Crippen LogP contribution in [0.4, 0.5) is 15.6 Å². The number of ether oxygens (including phenoxy) is 1. The minimum absolute atomic E-state index is 0.00358. The number of rotatable bonds is 6. The number of nitrogens with zero attached hydrogens (tertiary/aromatic N) is 6. The number of hydrogen-bond acceptors (Lipinski definition) is 8. The summed E-state index contributed by atoms with van der Waals surface area (Å²) in [4.78, 5) is 20.7. The molecule has 0 saturated carbocycles. The summed E-state index contributed by atoms with van der Waals surface area (Å²) in [6.45, 7) is 2.34. The molecule has 2 N–H and O–H groups in total. The lowest BCUT2D eigenvalue weighted by molar-refractivity contribution is 0.176. The zero-order valence-corrected chi connectivity index (χ0v) is 17.3. The Morgan fingerprint density at radius 2 is 2.27 bits per heavy atom. The van der Waals surface area contributed by atoms with Crippen molar-refractivity contribution in [2.24, 2.45) is 7.05 Å². The summed E-state index contributed by atoms with van der Waals surface area (Å²) in [5, 5.41) is 11.3. The quantitative estimate of drug-likeness (QED) is 0.489. The summed E-state index contributed by atoms with van der Waals surface area (Å²) in [5.41, 5.74) is 4.46. The van der Waals surface area contributed by atoms with Crippen LogP contribution in [0.2, 0.25) is 0 Å². The maximum atomic E-state index is 11.3. The maximum Gasteiger partial charge on any atom is 0.407 e. The SMILES string of the molecule is Cc1cc(Nc2nc(CCC3COC(=O)N3)cn3c(-c4cnn(C)c4)cnc23)sn1. The molecule has 10 nitrogen and oxygen atoms in total. The normalized spacial score (nSPS) is 16.1. The Morgan fingerprint density at radius 3 is 2.97 bits per heavy atom. The Morgan fingerprint density at radius 1 is 1.37 bits per heavy atom. The first kappa shape index (κ1) is 18.6. The number of hydrogen-bond donors (Lipinski definition) is 2. The highest BCUT2D eigenvalue weighted by Crippen LogP contribution is 2.28. The number of amides is 1. The van der Waals surface area contributed by atoms with Crippen LogP contribution in [0, 0.1) is 6.92 Å². The van der Waals surface area contributed by atoms with Crippen molar-refractivity contribution in [2.45, 2.75) is 25.8 Å². The number of carbonyl (C=O) groups excluding carboxylic acids is 1. The van der Waals surface area contributed by atoms with Crippen LogP contribution in [-0.4, -0.2) is 47.3 Å².